The minimum atomic E-state index is -0.250. The third kappa shape index (κ3) is 37.6. The van der Waals surface area contributed by atoms with Crippen molar-refractivity contribution < 1.29 is 19.7 Å². The molecule has 4 heteroatoms. The molecule has 0 unspecified atom stereocenters. The number of carbonyl (C=O) groups is 1. The van der Waals surface area contributed by atoms with Crippen LogP contribution < -0.4 is 0 Å². The molecule has 0 bridgehead atoms. The zero-order valence-corrected chi connectivity index (χ0v) is 10.9. The summed E-state index contributed by atoms with van der Waals surface area (Å²) in [5.41, 5.74) is 0. The second-order valence-electron chi connectivity index (χ2n) is 3.13. The van der Waals surface area contributed by atoms with E-state index in [1.807, 2.05) is 0 Å². The van der Waals surface area contributed by atoms with Crippen LogP contribution in [0, 0.1) is 0 Å². The number of hydrogen-bond acceptors (Lipinski definition) is 3. The molecule has 1 aliphatic heterocycles. The highest BCUT2D eigenvalue weighted by atomic mass is 16.5. The zero-order valence-electron chi connectivity index (χ0n) is 10.9. The predicted octanol–water partition coefficient (Wildman–Crippen LogP) is 2.69. The molecule has 0 aromatic heterocycles. The van der Waals surface area contributed by atoms with Gasteiger partial charge in [0.15, 0.2) is 0 Å². The summed E-state index contributed by atoms with van der Waals surface area (Å²) in [5, 5.41) is 13.9. The molecule has 0 amide bonds. The van der Waals surface area contributed by atoms with Gasteiger partial charge in [-0.25, -0.2) is 0 Å². The van der Waals surface area contributed by atoms with Crippen molar-refractivity contribution in [2.45, 2.75) is 52.4 Å². The first-order valence-corrected chi connectivity index (χ1v) is 5.93. The molecule has 0 radical (unpaired) electrons. The molecular formula is C12H28O4. The third-order valence-corrected chi connectivity index (χ3v) is 1.78. The van der Waals surface area contributed by atoms with Crippen molar-refractivity contribution in [3.8, 4) is 0 Å². The molecule has 0 saturated carbocycles. The van der Waals surface area contributed by atoms with Crippen LogP contribution in [-0.2, 0) is 9.53 Å². The smallest absolute Gasteiger partial charge is 0.290 e. The Bertz CT molecular complexity index is 81.4. The van der Waals surface area contributed by atoms with Crippen molar-refractivity contribution in [1.29, 1.82) is 0 Å². The fourth-order valence-electron chi connectivity index (χ4n) is 1.01. The summed E-state index contributed by atoms with van der Waals surface area (Å²) in [7, 11) is 1.00. The van der Waals surface area contributed by atoms with Crippen molar-refractivity contribution in [3.63, 3.8) is 0 Å². The molecule has 0 aromatic carbocycles. The van der Waals surface area contributed by atoms with Gasteiger partial charge >= 0.3 is 0 Å². The number of unbranched alkanes of at least 4 members (excludes halogenated alkanes) is 3. The van der Waals surface area contributed by atoms with Gasteiger partial charge in [0.05, 0.1) is 0 Å². The van der Waals surface area contributed by atoms with Crippen molar-refractivity contribution in [2.75, 3.05) is 20.3 Å². The lowest BCUT2D eigenvalue weighted by Gasteiger charge is -1.86. The molecule has 1 heterocycles. The van der Waals surface area contributed by atoms with E-state index in [2.05, 4.69) is 13.8 Å². The molecule has 1 fully saturated rings. The summed E-state index contributed by atoms with van der Waals surface area (Å²) >= 11 is 0. The highest BCUT2D eigenvalue weighted by Gasteiger charge is 1.94. The molecule has 0 spiro atoms. The van der Waals surface area contributed by atoms with Crippen LogP contribution in [0.15, 0.2) is 0 Å². The Labute approximate surface area is 99.6 Å². The van der Waals surface area contributed by atoms with E-state index in [4.69, 9.17) is 19.7 Å². The molecule has 2 N–H and O–H groups in total. The molecular weight excluding hydrogens is 208 g/mol. The number of aliphatic hydroxyl groups excluding tert-OH is 1. The summed E-state index contributed by atoms with van der Waals surface area (Å²) in [6, 6.07) is 0. The van der Waals surface area contributed by atoms with Crippen LogP contribution in [-0.4, -0.2) is 37.0 Å². The first kappa shape index (κ1) is 20.8. The molecule has 0 aromatic rings. The molecule has 4 nitrogen and oxygen atoms in total. The van der Waals surface area contributed by atoms with Crippen molar-refractivity contribution in [2.24, 2.45) is 0 Å². The SMILES string of the molecule is C1CCOC1.CCCCCC.CO.O=CO. The second kappa shape index (κ2) is 29.3. The summed E-state index contributed by atoms with van der Waals surface area (Å²) in [6.45, 7) is 6.21. The molecule has 100 valence electrons. The lowest BCUT2D eigenvalue weighted by molar-refractivity contribution is -0.122. The standard InChI is InChI=1S/C6H14.C4H8O.CH2O2.CH4O/c1-3-5-6-4-2;1-2-4-5-3-1;2-1-3;1-2/h3-6H2,1-2H3;1-4H2;1H,(H,2,3);2H,1H3. The van der Waals surface area contributed by atoms with Gasteiger partial charge in [-0.15, -0.1) is 0 Å². The minimum absolute atomic E-state index is 0.250. The van der Waals surface area contributed by atoms with Crippen molar-refractivity contribution >= 4 is 6.47 Å². The van der Waals surface area contributed by atoms with E-state index in [-0.39, 0.29) is 6.47 Å². The molecule has 0 aliphatic carbocycles. The Morgan fingerprint density at radius 3 is 1.50 bits per heavy atom. The number of ether oxygens (including phenoxy) is 1. The topological polar surface area (TPSA) is 66.8 Å². The van der Waals surface area contributed by atoms with Crippen LogP contribution in [0.3, 0.4) is 0 Å². The lowest BCUT2D eigenvalue weighted by atomic mass is 10.2. The normalized spacial score (nSPS) is 12.0. The second-order valence-corrected chi connectivity index (χ2v) is 3.13. The van der Waals surface area contributed by atoms with E-state index in [0.29, 0.717) is 0 Å². The van der Waals surface area contributed by atoms with Crippen LogP contribution in [0.4, 0.5) is 0 Å². The summed E-state index contributed by atoms with van der Waals surface area (Å²) < 4.78 is 4.94. The summed E-state index contributed by atoms with van der Waals surface area (Å²) in [6.07, 6.45) is 8.09. The maximum absolute atomic E-state index is 8.36. The van der Waals surface area contributed by atoms with E-state index < -0.39 is 0 Å². The van der Waals surface area contributed by atoms with Crippen LogP contribution >= 0.6 is 0 Å². The maximum atomic E-state index is 8.36. The maximum Gasteiger partial charge on any atom is 0.290 e. The van der Waals surface area contributed by atoms with Crippen LogP contribution in [0.1, 0.15) is 52.4 Å². The Balaban J connectivity index is -0.000000153. The Morgan fingerprint density at radius 2 is 1.38 bits per heavy atom. The van der Waals surface area contributed by atoms with Gasteiger partial charge in [-0.1, -0.05) is 39.5 Å². The van der Waals surface area contributed by atoms with Gasteiger partial charge in [0, 0.05) is 20.3 Å². The van der Waals surface area contributed by atoms with Crippen molar-refractivity contribution in [1.82, 2.24) is 0 Å². The fourth-order valence-corrected chi connectivity index (χ4v) is 1.01. The first-order valence-electron chi connectivity index (χ1n) is 5.93. The average molecular weight is 236 g/mol. The number of aliphatic hydroxyl groups is 1. The fraction of sp³-hybridized carbons (Fsp3) is 0.917. The van der Waals surface area contributed by atoms with Gasteiger partial charge in [0.1, 0.15) is 0 Å². The molecule has 1 rings (SSSR count). The highest BCUT2D eigenvalue weighted by Crippen LogP contribution is 1.98. The van der Waals surface area contributed by atoms with Gasteiger partial charge in [-0.05, 0) is 12.8 Å². The van der Waals surface area contributed by atoms with E-state index in [0.717, 1.165) is 20.3 Å². The molecule has 0 atom stereocenters. The van der Waals surface area contributed by atoms with Gasteiger partial charge in [0.2, 0.25) is 0 Å². The summed E-state index contributed by atoms with van der Waals surface area (Å²) in [4.78, 5) is 8.36. The zero-order chi connectivity index (χ0) is 13.1. The van der Waals surface area contributed by atoms with Crippen molar-refractivity contribution in [3.05, 3.63) is 0 Å². The minimum Gasteiger partial charge on any atom is -0.483 e. The van der Waals surface area contributed by atoms with Crippen LogP contribution in [0.5, 0.6) is 0 Å². The first-order chi connectivity index (χ1) is 7.83. The van der Waals surface area contributed by atoms with Gasteiger partial charge in [-0.2, -0.15) is 0 Å². The van der Waals surface area contributed by atoms with Gasteiger partial charge in [-0.3, -0.25) is 4.79 Å². The number of hydrogen-bond donors (Lipinski definition) is 2. The Morgan fingerprint density at radius 1 is 1.06 bits per heavy atom. The molecule has 1 aliphatic rings. The molecule has 1 saturated heterocycles. The van der Waals surface area contributed by atoms with E-state index in [1.54, 1.807) is 0 Å². The van der Waals surface area contributed by atoms with Crippen LogP contribution in [0.25, 0.3) is 0 Å². The van der Waals surface area contributed by atoms with E-state index >= 15 is 0 Å². The van der Waals surface area contributed by atoms with E-state index in [1.165, 1.54) is 38.5 Å². The predicted molar refractivity (Wildman–Crippen MR) is 66.7 cm³/mol. The Kier molecular flexibility index (Phi) is 38.0. The molecule has 16 heavy (non-hydrogen) atoms. The summed E-state index contributed by atoms with van der Waals surface area (Å²) in [5.74, 6) is 0. The monoisotopic (exact) mass is 236 g/mol. The number of rotatable bonds is 3. The Hall–Kier alpha value is -0.610. The van der Waals surface area contributed by atoms with E-state index in [9.17, 15) is 0 Å². The number of carboxylic acid groups (broad SMARTS) is 1. The largest absolute Gasteiger partial charge is 0.483 e. The highest BCUT2D eigenvalue weighted by molar-refractivity contribution is 5.32. The lowest BCUT2D eigenvalue weighted by Crippen LogP contribution is -1.74. The van der Waals surface area contributed by atoms with Gasteiger partial charge < -0.3 is 14.9 Å². The van der Waals surface area contributed by atoms with Gasteiger partial charge in [0.25, 0.3) is 6.47 Å². The quantitative estimate of drug-likeness (QED) is 0.584. The van der Waals surface area contributed by atoms with Crippen LogP contribution in [0.2, 0.25) is 0 Å². The third-order valence-electron chi connectivity index (χ3n) is 1.78. The average Bonchev–Trinajstić information content (AvgIpc) is 2.89.